The molecule has 0 N–H and O–H groups in total. The minimum Gasteiger partial charge on any atom is -0.466 e. The lowest BCUT2D eigenvalue weighted by molar-refractivity contribution is -0.136. The maximum Gasteiger partial charge on any atom is 0.407 e. The Morgan fingerprint density at radius 1 is 1.00 bits per heavy atom. The first kappa shape index (κ1) is 29.1. The third-order valence-corrected chi connectivity index (χ3v) is 10.7. The van der Waals surface area contributed by atoms with E-state index in [1.165, 1.54) is 38.4 Å². The number of hydrogen-bond acceptors (Lipinski definition) is 4. The highest BCUT2D eigenvalue weighted by molar-refractivity contribution is 6.92. The van der Waals surface area contributed by atoms with Crippen molar-refractivity contribution in [1.29, 1.82) is 0 Å². The van der Waals surface area contributed by atoms with Crippen LogP contribution in [0.1, 0.15) is 72.6 Å². The zero-order valence-electron chi connectivity index (χ0n) is 23.2. The van der Waals surface area contributed by atoms with Crippen molar-refractivity contribution in [2.75, 3.05) is 7.11 Å². The van der Waals surface area contributed by atoms with Gasteiger partial charge < -0.3 is 13.6 Å². The molecule has 5 heteroatoms. The minimum atomic E-state index is -3.10. The van der Waals surface area contributed by atoms with E-state index < -0.39 is 8.56 Å². The van der Waals surface area contributed by atoms with Gasteiger partial charge in [-0.1, -0.05) is 119 Å². The topological polar surface area (TPSA) is 44.8 Å². The Balaban J connectivity index is 2.06. The summed E-state index contributed by atoms with van der Waals surface area (Å²) in [5.74, 6) is -0.350. The standard InChI is InChI=1S/C32H44O4Si/c1-6-7-8-9-12-17-28-23-22-25(2)31(26(3)24-27(4)32(33)34-5)36-37(35-28,29-18-13-10-14-19-29)30-20-15-11-16-21-30/h10-11,13-16,18-22,24,26,28,31H,6-9,12,17,23H2,1-5H3/b25-22-,27-24+/t26?,28-,31-/m1/s1. The maximum absolute atomic E-state index is 12.2. The third kappa shape index (κ3) is 7.76. The van der Waals surface area contributed by atoms with Crippen LogP contribution in [-0.4, -0.2) is 33.8 Å². The fourth-order valence-electron chi connectivity index (χ4n) is 5.15. The van der Waals surface area contributed by atoms with Crippen LogP contribution in [-0.2, 0) is 18.4 Å². The van der Waals surface area contributed by atoms with Crippen molar-refractivity contribution in [3.8, 4) is 0 Å². The molecule has 0 amide bonds. The Morgan fingerprint density at radius 3 is 2.16 bits per heavy atom. The molecule has 2 aromatic rings. The lowest BCUT2D eigenvalue weighted by Gasteiger charge is -2.41. The van der Waals surface area contributed by atoms with Gasteiger partial charge in [-0.15, -0.1) is 0 Å². The molecule has 2 aromatic carbocycles. The van der Waals surface area contributed by atoms with Crippen molar-refractivity contribution in [1.82, 2.24) is 0 Å². The van der Waals surface area contributed by atoms with E-state index in [0.717, 1.165) is 29.6 Å². The first-order valence-electron chi connectivity index (χ1n) is 13.8. The van der Waals surface area contributed by atoms with Crippen molar-refractivity contribution >= 4 is 24.9 Å². The van der Waals surface area contributed by atoms with Crippen molar-refractivity contribution < 1.29 is 18.4 Å². The number of rotatable bonds is 11. The van der Waals surface area contributed by atoms with Crippen LogP contribution in [0.3, 0.4) is 0 Å². The second kappa shape index (κ2) is 14.5. The Labute approximate surface area is 225 Å². The second-order valence-corrected chi connectivity index (χ2v) is 13.1. The summed E-state index contributed by atoms with van der Waals surface area (Å²) in [4.78, 5) is 12.2. The van der Waals surface area contributed by atoms with Gasteiger partial charge >= 0.3 is 14.5 Å². The molecule has 0 spiro atoms. The summed E-state index contributed by atoms with van der Waals surface area (Å²) < 4.78 is 19.4. The highest BCUT2D eigenvalue weighted by Crippen LogP contribution is 2.30. The van der Waals surface area contributed by atoms with Gasteiger partial charge in [-0.2, -0.15) is 0 Å². The van der Waals surface area contributed by atoms with Crippen molar-refractivity contribution in [3.05, 3.63) is 84.0 Å². The molecule has 0 saturated carbocycles. The van der Waals surface area contributed by atoms with Crippen LogP contribution in [0.5, 0.6) is 0 Å². The van der Waals surface area contributed by atoms with E-state index in [2.05, 4.69) is 75.4 Å². The summed E-state index contributed by atoms with van der Waals surface area (Å²) >= 11 is 0. The average molecular weight is 521 g/mol. The van der Waals surface area contributed by atoms with E-state index in [1.807, 2.05) is 18.2 Å². The van der Waals surface area contributed by atoms with E-state index in [9.17, 15) is 4.79 Å². The molecule has 3 rings (SSSR count). The molecule has 4 nitrogen and oxygen atoms in total. The zero-order valence-corrected chi connectivity index (χ0v) is 24.2. The molecule has 1 unspecified atom stereocenters. The molecule has 3 atom stereocenters. The van der Waals surface area contributed by atoms with Gasteiger partial charge in [0.05, 0.1) is 19.3 Å². The third-order valence-electron chi connectivity index (χ3n) is 7.21. The molecule has 0 fully saturated rings. The molecule has 200 valence electrons. The summed E-state index contributed by atoms with van der Waals surface area (Å²) in [5, 5.41) is 2.22. The van der Waals surface area contributed by atoms with Crippen LogP contribution in [0, 0.1) is 5.92 Å². The molecule has 0 aromatic heterocycles. The van der Waals surface area contributed by atoms with Gasteiger partial charge in [0.2, 0.25) is 0 Å². The van der Waals surface area contributed by atoms with Crippen molar-refractivity contribution in [2.24, 2.45) is 5.92 Å². The smallest absolute Gasteiger partial charge is 0.407 e. The number of unbranched alkanes of at least 4 members (excludes halogenated alkanes) is 4. The molecule has 0 radical (unpaired) electrons. The van der Waals surface area contributed by atoms with Crippen LogP contribution in [0.2, 0.25) is 0 Å². The minimum absolute atomic E-state index is 0.0381. The van der Waals surface area contributed by atoms with Gasteiger partial charge in [-0.05, 0) is 42.6 Å². The van der Waals surface area contributed by atoms with Crippen LogP contribution in [0.25, 0.3) is 0 Å². The number of ether oxygens (including phenoxy) is 1. The highest BCUT2D eigenvalue weighted by Gasteiger charge is 2.48. The maximum atomic E-state index is 12.2. The molecule has 1 aliphatic rings. The molecule has 0 aliphatic carbocycles. The quantitative estimate of drug-likeness (QED) is 0.112. The predicted octanol–water partition coefficient (Wildman–Crippen LogP) is 6.48. The molecule has 37 heavy (non-hydrogen) atoms. The number of carbonyl (C=O) groups excluding carboxylic acids is 1. The van der Waals surface area contributed by atoms with Crippen molar-refractivity contribution in [3.63, 3.8) is 0 Å². The normalized spacial score (nSPS) is 22.3. The van der Waals surface area contributed by atoms with Gasteiger partial charge in [0.25, 0.3) is 0 Å². The van der Waals surface area contributed by atoms with Gasteiger partial charge in [0, 0.05) is 11.5 Å². The summed E-state index contributed by atoms with van der Waals surface area (Å²) in [5.41, 5.74) is 1.77. The number of carbonyl (C=O) groups is 1. The first-order chi connectivity index (χ1) is 17.9. The largest absolute Gasteiger partial charge is 0.466 e. The van der Waals surface area contributed by atoms with Crippen LogP contribution >= 0.6 is 0 Å². The molecule has 0 bridgehead atoms. The van der Waals surface area contributed by atoms with Gasteiger partial charge in [0.15, 0.2) is 0 Å². The molecule has 0 saturated heterocycles. The molecular weight excluding hydrogens is 476 g/mol. The molecule has 1 heterocycles. The zero-order chi connectivity index (χ0) is 26.7. The fourth-order valence-corrected chi connectivity index (χ4v) is 8.79. The monoisotopic (exact) mass is 520 g/mol. The Morgan fingerprint density at radius 2 is 1.59 bits per heavy atom. The van der Waals surface area contributed by atoms with E-state index in [0.29, 0.717) is 5.57 Å². The van der Waals surface area contributed by atoms with Gasteiger partial charge in [0.1, 0.15) is 0 Å². The number of methoxy groups -OCH3 is 1. The SMILES string of the molecule is CCCCCCC[C@@H]1C/C=C(/C)[C@H](C(C)/C=C(\C)C(=O)OC)O[Si](c2ccccc2)(c2ccccc2)O1. The Kier molecular flexibility index (Phi) is 11.4. The van der Waals surface area contributed by atoms with E-state index in [-0.39, 0.29) is 24.1 Å². The van der Waals surface area contributed by atoms with Crippen LogP contribution < -0.4 is 10.4 Å². The number of esters is 1. The van der Waals surface area contributed by atoms with E-state index in [4.69, 9.17) is 13.6 Å². The number of hydrogen-bond donors (Lipinski definition) is 0. The predicted molar refractivity (Wildman–Crippen MR) is 154 cm³/mol. The summed E-state index contributed by atoms with van der Waals surface area (Å²) in [6.45, 7) is 8.31. The number of benzene rings is 2. The fraction of sp³-hybridized carbons (Fsp3) is 0.469. The second-order valence-electron chi connectivity index (χ2n) is 10.2. The molecular formula is C32H44O4Si. The lowest BCUT2D eigenvalue weighted by atomic mass is 9.94. The summed E-state index contributed by atoms with van der Waals surface area (Å²) in [6.07, 6.45) is 12.2. The lowest BCUT2D eigenvalue weighted by Crippen LogP contribution is -2.66. The van der Waals surface area contributed by atoms with Crippen LogP contribution in [0.15, 0.2) is 84.0 Å². The molecule has 1 aliphatic heterocycles. The summed E-state index contributed by atoms with van der Waals surface area (Å²) in [7, 11) is -1.68. The summed E-state index contributed by atoms with van der Waals surface area (Å²) in [6, 6.07) is 21.0. The van der Waals surface area contributed by atoms with Crippen molar-refractivity contribution in [2.45, 2.75) is 84.8 Å². The van der Waals surface area contributed by atoms with Gasteiger partial charge in [-0.3, -0.25) is 0 Å². The van der Waals surface area contributed by atoms with E-state index in [1.54, 1.807) is 6.92 Å². The Bertz CT molecular complexity index is 992. The van der Waals surface area contributed by atoms with Gasteiger partial charge in [-0.25, -0.2) is 4.79 Å². The Hall–Kier alpha value is -2.47. The highest BCUT2D eigenvalue weighted by atomic mass is 28.4. The first-order valence-corrected chi connectivity index (χ1v) is 15.6. The van der Waals surface area contributed by atoms with E-state index >= 15 is 0 Å². The average Bonchev–Trinajstić information content (AvgIpc) is 2.92. The van der Waals surface area contributed by atoms with Crippen LogP contribution in [0.4, 0.5) is 0 Å².